The topological polar surface area (TPSA) is 49.4 Å². The van der Waals surface area contributed by atoms with E-state index >= 15 is 0 Å². The summed E-state index contributed by atoms with van der Waals surface area (Å²) in [7, 11) is 0. The van der Waals surface area contributed by atoms with Crippen LogP contribution in [0.15, 0.2) is 46.3 Å². The Morgan fingerprint density at radius 2 is 2.00 bits per heavy atom. The normalized spacial score (nSPS) is 10.3. The monoisotopic (exact) mass is 380 g/mol. The first kappa shape index (κ1) is 16.7. The number of benzene rings is 1. The average molecular weight is 381 g/mol. The Morgan fingerprint density at radius 1 is 1.23 bits per heavy atom. The number of thiophene rings is 1. The molecule has 0 saturated heterocycles. The fraction of sp³-hybridized carbons (Fsp3) is 0.250. The van der Waals surface area contributed by atoms with E-state index in [1.54, 1.807) is 17.4 Å². The smallest absolute Gasteiger partial charge is 0.255 e. The maximum atomic E-state index is 12.5. The molecule has 0 bridgehead atoms. The molecule has 0 unspecified atom stereocenters. The van der Waals surface area contributed by atoms with Crippen molar-refractivity contribution in [2.45, 2.75) is 13.5 Å². The first-order chi connectivity index (χ1) is 10.6. The Morgan fingerprint density at radius 3 is 2.64 bits per heavy atom. The van der Waals surface area contributed by atoms with Crippen molar-refractivity contribution in [2.75, 3.05) is 13.1 Å². The number of carbonyl (C=O) groups is 2. The minimum atomic E-state index is -0.157. The molecule has 0 aliphatic rings. The second-order valence-corrected chi connectivity index (χ2v) is 6.54. The number of nitrogens with one attached hydrogen (secondary N) is 1. The lowest BCUT2D eigenvalue weighted by atomic mass is 10.2. The summed E-state index contributed by atoms with van der Waals surface area (Å²) in [5, 5.41) is 4.81. The minimum Gasteiger partial charge on any atom is -0.350 e. The zero-order valence-electron chi connectivity index (χ0n) is 12.2. The third-order valence-electron chi connectivity index (χ3n) is 3.15. The van der Waals surface area contributed by atoms with E-state index in [1.807, 2.05) is 42.6 Å². The molecule has 2 rings (SSSR count). The van der Waals surface area contributed by atoms with E-state index in [1.165, 1.54) is 4.90 Å². The van der Waals surface area contributed by atoms with E-state index in [0.29, 0.717) is 18.7 Å². The summed E-state index contributed by atoms with van der Waals surface area (Å²) in [6.07, 6.45) is 0. The molecule has 2 aromatic rings. The molecule has 0 spiro atoms. The van der Waals surface area contributed by atoms with Gasteiger partial charge in [0.1, 0.15) is 0 Å². The Labute approximate surface area is 142 Å². The predicted octanol–water partition coefficient (Wildman–Crippen LogP) is 3.29. The van der Waals surface area contributed by atoms with Crippen LogP contribution in [-0.4, -0.2) is 29.8 Å². The van der Waals surface area contributed by atoms with Crippen LogP contribution >= 0.6 is 27.3 Å². The molecular formula is C16H17BrN2O2S. The second kappa shape index (κ2) is 8.10. The van der Waals surface area contributed by atoms with Crippen molar-refractivity contribution in [1.82, 2.24) is 10.2 Å². The lowest BCUT2D eigenvalue weighted by Gasteiger charge is -2.21. The molecular weight excluding hydrogens is 364 g/mol. The summed E-state index contributed by atoms with van der Waals surface area (Å²) in [6.45, 7) is 2.90. The molecule has 1 aromatic heterocycles. The molecule has 0 aliphatic carbocycles. The fourth-order valence-electron chi connectivity index (χ4n) is 1.96. The van der Waals surface area contributed by atoms with Crippen LogP contribution in [0, 0.1) is 0 Å². The number of likely N-dealkylation sites (N-methyl/N-ethyl adjacent to an activating group) is 1. The van der Waals surface area contributed by atoms with E-state index < -0.39 is 0 Å². The highest BCUT2D eigenvalue weighted by molar-refractivity contribution is 9.10. The third kappa shape index (κ3) is 4.42. The fourth-order valence-corrected chi connectivity index (χ4v) is 3.06. The van der Waals surface area contributed by atoms with Crippen molar-refractivity contribution in [3.8, 4) is 0 Å². The number of carbonyl (C=O) groups excluding carboxylic acids is 2. The van der Waals surface area contributed by atoms with Gasteiger partial charge in [0.25, 0.3) is 5.91 Å². The summed E-state index contributed by atoms with van der Waals surface area (Å²) in [6, 6.07) is 11.1. The molecule has 2 amide bonds. The van der Waals surface area contributed by atoms with Gasteiger partial charge < -0.3 is 10.2 Å². The highest BCUT2D eigenvalue weighted by Crippen LogP contribution is 2.17. The molecule has 0 aliphatic heterocycles. The van der Waals surface area contributed by atoms with E-state index in [0.717, 1.165) is 9.35 Å². The van der Waals surface area contributed by atoms with Crippen molar-refractivity contribution in [3.05, 3.63) is 56.7 Å². The number of nitrogens with zero attached hydrogens (tertiary/aromatic N) is 1. The van der Waals surface area contributed by atoms with Gasteiger partial charge in [-0.15, -0.1) is 11.3 Å². The van der Waals surface area contributed by atoms with Gasteiger partial charge in [-0.05, 0) is 46.4 Å². The highest BCUT2D eigenvalue weighted by Gasteiger charge is 2.19. The number of hydrogen-bond donors (Lipinski definition) is 1. The summed E-state index contributed by atoms with van der Waals surface area (Å²) in [5.41, 5.74) is 0.565. The van der Waals surface area contributed by atoms with Gasteiger partial charge in [0.2, 0.25) is 5.91 Å². The Hall–Kier alpha value is -1.66. The summed E-state index contributed by atoms with van der Waals surface area (Å²) in [4.78, 5) is 27.1. The molecule has 116 valence electrons. The highest BCUT2D eigenvalue weighted by atomic mass is 79.9. The number of rotatable bonds is 6. The van der Waals surface area contributed by atoms with Crippen molar-refractivity contribution in [3.63, 3.8) is 0 Å². The van der Waals surface area contributed by atoms with Crippen molar-refractivity contribution < 1.29 is 9.59 Å². The van der Waals surface area contributed by atoms with E-state index in [2.05, 4.69) is 21.2 Å². The average Bonchev–Trinajstić information content (AvgIpc) is 3.04. The van der Waals surface area contributed by atoms with Crippen LogP contribution < -0.4 is 5.32 Å². The molecule has 1 heterocycles. The van der Waals surface area contributed by atoms with E-state index in [4.69, 9.17) is 0 Å². The minimum absolute atomic E-state index is 0.0576. The van der Waals surface area contributed by atoms with Crippen LogP contribution in [-0.2, 0) is 11.3 Å². The Kier molecular flexibility index (Phi) is 6.15. The van der Waals surface area contributed by atoms with E-state index in [-0.39, 0.29) is 18.4 Å². The van der Waals surface area contributed by atoms with Crippen LogP contribution in [0.1, 0.15) is 22.2 Å². The maximum absolute atomic E-state index is 12.5. The lowest BCUT2D eigenvalue weighted by molar-refractivity contribution is -0.121. The van der Waals surface area contributed by atoms with Gasteiger partial charge >= 0.3 is 0 Å². The molecule has 22 heavy (non-hydrogen) atoms. The van der Waals surface area contributed by atoms with Gasteiger partial charge in [-0.3, -0.25) is 9.59 Å². The van der Waals surface area contributed by atoms with Gasteiger partial charge in [-0.1, -0.05) is 18.2 Å². The van der Waals surface area contributed by atoms with Crippen LogP contribution in [0.25, 0.3) is 0 Å². The number of halogens is 1. The summed E-state index contributed by atoms with van der Waals surface area (Å²) in [5.74, 6) is -0.308. The van der Waals surface area contributed by atoms with E-state index in [9.17, 15) is 9.59 Å². The lowest BCUT2D eigenvalue weighted by Crippen LogP contribution is -2.40. The first-order valence-corrected chi connectivity index (χ1v) is 8.62. The van der Waals surface area contributed by atoms with Gasteiger partial charge in [-0.25, -0.2) is 0 Å². The van der Waals surface area contributed by atoms with Crippen molar-refractivity contribution >= 4 is 39.1 Å². The molecule has 6 heteroatoms. The summed E-state index contributed by atoms with van der Waals surface area (Å²) < 4.78 is 0.734. The second-order valence-electron chi connectivity index (χ2n) is 4.66. The molecule has 0 radical (unpaired) electrons. The molecule has 1 aromatic carbocycles. The standard InChI is InChI=1S/C16H17BrN2O2S/c1-2-19(16(21)13-7-3-4-8-14(13)17)11-15(20)18-10-12-6-5-9-22-12/h3-9H,2,10-11H2,1H3,(H,18,20). The summed E-state index contributed by atoms with van der Waals surface area (Å²) >= 11 is 4.96. The molecule has 4 nitrogen and oxygen atoms in total. The number of hydrogen-bond acceptors (Lipinski definition) is 3. The Bertz CT molecular complexity index is 643. The maximum Gasteiger partial charge on any atom is 0.255 e. The first-order valence-electron chi connectivity index (χ1n) is 6.94. The van der Waals surface area contributed by atoms with Crippen molar-refractivity contribution in [2.24, 2.45) is 0 Å². The van der Waals surface area contributed by atoms with Crippen LogP contribution in [0.4, 0.5) is 0 Å². The molecule has 0 fully saturated rings. The molecule has 0 atom stereocenters. The van der Waals surface area contributed by atoms with Crippen molar-refractivity contribution in [1.29, 1.82) is 0 Å². The molecule has 1 N–H and O–H groups in total. The quantitative estimate of drug-likeness (QED) is 0.835. The number of amides is 2. The van der Waals surface area contributed by atoms with Gasteiger partial charge in [-0.2, -0.15) is 0 Å². The predicted molar refractivity (Wildman–Crippen MR) is 91.9 cm³/mol. The zero-order valence-corrected chi connectivity index (χ0v) is 14.6. The van der Waals surface area contributed by atoms with Gasteiger partial charge in [0.15, 0.2) is 0 Å². The van der Waals surface area contributed by atoms with Gasteiger partial charge in [0, 0.05) is 15.9 Å². The van der Waals surface area contributed by atoms with Crippen LogP contribution in [0.3, 0.4) is 0 Å². The third-order valence-corrected chi connectivity index (χ3v) is 4.72. The zero-order chi connectivity index (χ0) is 15.9. The van der Waals surface area contributed by atoms with Crippen LogP contribution in [0.5, 0.6) is 0 Å². The largest absolute Gasteiger partial charge is 0.350 e. The van der Waals surface area contributed by atoms with Crippen LogP contribution in [0.2, 0.25) is 0 Å². The SMILES string of the molecule is CCN(CC(=O)NCc1cccs1)C(=O)c1ccccc1Br. The Balaban J connectivity index is 1.95. The molecule has 0 saturated carbocycles. The van der Waals surface area contributed by atoms with Gasteiger partial charge in [0.05, 0.1) is 18.7 Å².